The molecular formula is C11H10AsCl2N3OS. The van der Waals surface area contributed by atoms with Crippen molar-refractivity contribution in [2.45, 2.75) is 6.92 Å². The summed E-state index contributed by atoms with van der Waals surface area (Å²) in [6.07, 6.45) is 1.50. The molecule has 0 saturated heterocycles. The van der Waals surface area contributed by atoms with Crippen molar-refractivity contribution in [3.05, 3.63) is 32.3 Å². The predicted octanol–water partition coefficient (Wildman–Crippen LogP) is 0.900. The van der Waals surface area contributed by atoms with Crippen LogP contribution in [0.25, 0.3) is 0 Å². The molecule has 0 aromatic carbocycles. The topological polar surface area (TPSA) is 54.9 Å². The van der Waals surface area contributed by atoms with E-state index >= 15 is 0 Å². The fourth-order valence-corrected chi connectivity index (χ4v) is 6.07. The summed E-state index contributed by atoms with van der Waals surface area (Å²) in [4.78, 5) is 20.5. The summed E-state index contributed by atoms with van der Waals surface area (Å²) in [5.41, 5.74) is 1.09. The maximum atomic E-state index is 11.8. The van der Waals surface area contributed by atoms with Gasteiger partial charge in [-0.1, -0.05) is 0 Å². The van der Waals surface area contributed by atoms with Gasteiger partial charge >= 0.3 is 131 Å². The zero-order chi connectivity index (χ0) is 14.0. The standard InChI is InChI=1S/C11H10AsCl2N3OS/c1-5-4-19-8(10(18)15-2)7(5)12-9-6(13)3-16-11(14)17-9/h3-4,12H,1-2H3,(H,15,18). The van der Waals surface area contributed by atoms with E-state index in [1.165, 1.54) is 17.5 Å². The molecule has 2 aromatic heterocycles. The number of aryl methyl sites for hydroxylation is 1. The van der Waals surface area contributed by atoms with Crippen molar-refractivity contribution in [2.75, 3.05) is 7.05 Å². The number of carbonyl (C=O) groups is 1. The first-order valence-corrected chi connectivity index (χ1v) is 9.01. The number of amides is 1. The van der Waals surface area contributed by atoms with E-state index in [-0.39, 0.29) is 11.2 Å². The van der Waals surface area contributed by atoms with Crippen LogP contribution in [0.5, 0.6) is 0 Å². The molecule has 0 spiro atoms. The molecule has 0 saturated carbocycles. The van der Waals surface area contributed by atoms with E-state index in [1.54, 1.807) is 7.05 Å². The Balaban J connectivity index is 2.40. The summed E-state index contributed by atoms with van der Waals surface area (Å²) in [5.74, 6) is -0.0758. The number of hydrogen-bond acceptors (Lipinski definition) is 4. The molecule has 0 aliphatic rings. The Morgan fingerprint density at radius 2 is 2.21 bits per heavy atom. The molecule has 0 aliphatic heterocycles. The second-order valence-corrected chi connectivity index (χ2v) is 7.85. The summed E-state index contributed by atoms with van der Waals surface area (Å²) in [7, 11) is 1.62. The number of nitrogens with zero attached hydrogens (tertiary/aromatic N) is 2. The van der Waals surface area contributed by atoms with Crippen LogP contribution in [0.15, 0.2) is 11.6 Å². The van der Waals surface area contributed by atoms with Crippen molar-refractivity contribution in [1.82, 2.24) is 15.3 Å². The number of halogens is 2. The predicted molar refractivity (Wildman–Crippen MR) is 80.9 cm³/mol. The van der Waals surface area contributed by atoms with Crippen LogP contribution in [-0.2, 0) is 0 Å². The van der Waals surface area contributed by atoms with E-state index in [4.69, 9.17) is 23.2 Å². The number of carbonyl (C=O) groups excluding carboxylic acids is 1. The van der Waals surface area contributed by atoms with Crippen molar-refractivity contribution in [3.63, 3.8) is 0 Å². The minimum atomic E-state index is -0.827. The molecule has 1 unspecified atom stereocenters. The monoisotopic (exact) mass is 377 g/mol. The fraction of sp³-hybridized carbons (Fsp3) is 0.182. The Hall–Kier alpha value is -0.612. The molecule has 1 amide bonds. The van der Waals surface area contributed by atoms with Gasteiger partial charge in [-0.05, 0) is 0 Å². The number of thiophene rings is 1. The molecule has 2 rings (SSSR count). The van der Waals surface area contributed by atoms with E-state index < -0.39 is 15.8 Å². The average molecular weight is 378 g/mol. The van der Waals surface area contributed by atoms with Crippen LogP contribution in [-0.4, -0.2) is 38.7 Å². The van der Waals surface area contributed by atoms with Crippen molar-refractivity contribution >= 4 is 65.0 Å². The molecular weight excluding hydrogens is 368 g/mol. The van der Waals surface area contributed by atoms with E-state index in [9.17, 15) is 4.79 Å². The van der Waals surface area contributed by atoms with Crippen molar-refractivity contribution in [3.8, 4) is 0 Å². The van der Waals surface area contributed by atoms with Gasteiger partial charge in [0.15, 0.2) is 0 Å². The SMILES string of the molecule is CNC(=O)c1scc(C)c1[AsH]c1nc(Cl)ncc1Cl. The Morgan fingerprint density at radius 1 is 1.47 bits per heavy atom. The molecule has 8 heteroatoms. The molecule has 0 bridgehead atoms. The van der Waals surface area contributed by atoms with Gasteiger partial charge in [0.25, 0.3) is 0 Å². The summed E-state index contributed by atoms with van der Waals surface area (Å²) >= 11 is 12.5. The normalized spacial score (nSPS) is 11.2. The summed E-state index contributed by atoms with van der Waals surface area (Å²) in [6, 6.07) is 0. The Labute approximate surface area is 131 Å². The van der Waals surface area contributed by atoms with Crippen molar-refractivity contribution in [1.29, 1.82) is 0 Å². The van der Waals surface area contributed by atoms with Crippen LogP contribution in [0.1, 0.15) is 15.2 Å². The summed E-state index contributed by atoms with van der Waals surface area (Å²) in [6.45, 7) is 1.98. The molecule has 2 aromatic rings. The molecule has 0 fully saturated rings. The van der Waals surface area contributed by atoms with Crippen LogP contribution in [0, 0.1) is 6.92 Å². The number of aromatic nitrogens is 2. The number of nitrogens with one attached hydrogen (secondary N) is 1. The molecule has 4 nitrogen and oxygen atoms in total. The number of rotatable bonds is 3. The first kappa shape index (κ1) is 14.8. The fourth-order valence-electron chi connectivity index (χ4n) is 1.43. The van der Waals surface area contributed by atoms with E-state index in [0.717, 1.165) is 19.3 Å². The summed E-state index contributed by atoms with van der Waals surface area (Å²) in [5, 5.41) is 5.30. The van der Waals surface area contributed by atoms with Gasteiger partial charge in [0.05, 0.1) is 0 Å². The zero-order valence-corrected chi connectivity index (χ0v) is 14.5. The van der Waals surface area contributed by atoms with Gasteiger partial charge in [-0.15, -0.1) is 0 Å². The van der Waals surface area contributed by atoms with Gasteiger partial charge in [0.1, 0.15) is 0 Å². The quantitative estimate of drug-likeness (QED) is 0.638. The van der Waals surface area contributed by atoms with Crippen LogP contribution in [0.2, 0.25) is 10.3 Å². The van der Waals surface area contributed by atoms with Gasteiger partial charge in [-0.3, -0.25) is 0 Å². The van der Waals surface area contributed by atoms with E-state index in [1.807, 2.05) is 12.3 Å². The third-order valence-electron chi connectivity index (χ3n) is 2.37. The van der Waals surface area contributed by atoms with Crippen molar-refractivity contribution in [2.24, 2.45) is 0 Å². The third kappa shape index (κ3) is 3.29. The average Bonchev–Trinajstić information content (AvgIpc) is 2.75. The van der Waals surface area contributed by atoms with Crippen LogP contribution >= 0.6 is 34.5 Å². The van der Waals surface area contributed by atoms with Crippen molar-refractivity contribution < 1.29 is 4.79 Å². The van der Waals surface area contributed by atoms with Gasteiger partial charge in [-0.25, -0.2) is 0 Å². The van der Waals surface area contributed by atoms with Gasteiger partial charge < -0.3 is 0 Å². The first-order chi connectivity index (χ1) is 9.02. The number of hydrogen-bond donors (Lipinski definition) is 1. The Kier molecular flexibility index (Phi) is 4.85. The zero-order valence-electron chi connectivity index (χ0n) is 10.1. The van der Waals surface area contributed by atoms with E-state index in [2.05, 4.69) is 15.3 Å². The molecule has 0 aliphatic carbocycles. The molecule has 19 heavy (non-hydrogen) atoms. The molecule has 100 valence electrons. The minimum absolute atomic E-state index is 0.0758. The second-order valence-electron chi connectivity index (χ2n) is 3.66. The van der Waals surface area contributed by atoms with Gasteiger partial charge in [0.2, 0.25) is 0 Å². The van der Waals surface area contributed by atoms with Gasteiger partial charge in [0, 0.05) is 0 Å². The summed E-state index contributed by atoms with van der Waals surface area (Å²) < 4.78 is 1.79. The van der Waals surface area contributed by atoms with Crippen LogP contribution in [0.4, 0.5) is 0 Å². The Morgan fingerprint density at radius 3 is 2.89 bits per heavy atom. The second kappa shape index (κ2) is 6.23. The Bertz CT molecular complexity index is 632. The molecule has 1 atom stereocenters. The molecule has 1 N–H and O–H groups in total. The van der Waals surface area contributed by atoms with E-state index in [0.29, 0.717) is 5.02 Å². The third-order valence-corrected chi connectivity index (χ3v) is 7.81. The van der Waals surface area contributed by atoms with Crippen LogP contribution < -0.4 is 14.1 Å². The first-order valence-electron chi connectivity index (χ1n) is 5.28. The van der Waals surface area contributed by atoms with Crippen LogP contribution in [0.3, 0.4) is 0 Å². The molecule has 2 heterocycles. The maximum absolute atomic E-state index is 11.8. The van der Waals surface area contributed by atoms with Gasteiger partial charge in [-0.2, -0.15) is 0 Å². The molecule has 0 radical (unpaired) electrons.